The van der Waals surface area contributed by atoms with E-state index in [2.05, 4.69) is 10.2 Å². The van der Waals surface area contributed by atoms with E-state index in [0.29, 0.717) is 0 Å². The largest absolute Gasteiger partial charge is 0.315 e. The van der Waals surface area contributed by atoms with Gasteiger partial charge in [-0.1, -0.05) is 0 Å². The summed E-state index contributed by atoms with van der Waals surface area (Å²) in [6.45, 7) is 1.45. The van der Waals surface area contributed by atoms with Crippen molar-refractivity contribution in [1.29, 1.82) is 0 Å². The molecule has 0 saturated heterocycles. The van der Waals surface area contributed by atoms with Gasteiger partial charge >= 0.3 is 10.1 Å². The second kappa shape index (κ2) is 1.61. The number of rotatable bonds is 1. The first kappa shape index (κ1) is 6.37. The van der Waals surface area contributed by atoms with E-state index in [0.717, 1.165) is 0 Å². The van der Waals surface area contributed by atoms with Crippen molar-refractivity contribution in [2.24, 2.45) is 10.2 Å². The van der Waals surface area contributed by atoms with Gasteiger partial charge in [0.1, 0.15) is 5.70 Å². The lowest BCUT2D eigenvalue weighted by atomic mass is 10.5. The van der Waals surface area contributed by atoms with Gasteiger partial charge in [0.25, 0.3) is 0 Å². The molecule has 0 aromatic rings. The highest BCUT2D eigenvalue weighted by molar-refractivity contribution is 7.89. The Balaban J connectivity index is 3.05. The highest BCUT2D eigenvalue weighted by Crippen LogP contribution is 2.22. The third kappa shape index (κ3) is 0.984. The van der Waals surface area contributed by atoms with E-state index in [4.69, 9.17) is 4.55 Å². The second-order valence-electron chi connectivity index (χ2n) is 1.57. The van der Waals surface area contributed by atoms with Gasteiger partial charge in [0.15, 0.2) is 0 Å². The summed E-state index contributed by atoms with van der Waals surface area (Å²) in [7, 11) is -4.10. The van der Waals surface area contributed by atoms with Gasteiger partial charge in [-0.05, 0) is 6.92 Å². The third-order valence-electron chi connectivity index (χ3n) is 0.845. The summed E-state index contributed by atoms with van der Waals surface area (Å²) in [6.07, 6.45) is 0. The van der Waals surface area contributed by atoms with Crippen LogP contribution in [0.4, 0.5) is 0 Å². The van der Waals surface area contributed by atoms with Gasteiger partial charge in [-0.15, -0.1) is 5.11 Å². The summed E-state index contributed by atoms with van der Waals surface area (Å²) in [6, 6.07) is 0. The van der Waals surface area contributed by atoms with Crippen LogP contribution in [0.15, 0.2) is 21.0 Å². The van der Waals surface area contributed by atoms with E-state index in [1.54, 1.807) is 0 Å². The molecule has 0 spiro atoms. The molecule has 0 aliphatic carbocycles. The number of azo groups is 1. The Morgan fingerprint density at radius 1 is 1.44 bits per heavy atom. The molecule has 0 fully saturated rings. The maximum Gasteiger partial charge on any atom is 0.315 e. The van der Waals surface area contributed by atoms with Gasteiger partial charge < -0.3 is 0 Å². The number of hydrogen-bond donors (Lipinski definition) is 1. The van der Waals surface area contributed by atoms with Crippen molar-refractivity contribution in [2.75, 3.05) is 0 Å². The molecule has 0 atom stereocenters. The lowest BCUT2D eigenvalue weighted by molar-refractivity contribution is 0.487. The van der Waals surface area contributed by atoms with E-state index < -0.39 is 10.1 Å². The SMILES string of the molecule is CC1=C(S(=O)(=O)O)N=N1. The van der Waals surface area contributed by atoms with Crippen LogP contribution in [0.25, 0.3) is 0 Å². The fourth-order valence-electron chi connectivity index (χ4n) is 0.429. The third-order valence-corrected chi connectivity index (χ3v) is 1.71. The smallest absolute Gasteiger partial charge is 0.281 e. The van der Waals surface area contributed by atoms with Crippen LogP contribution in [0.2, 0.25) is 0 Å². The zero-order valence-electron chi connectivity index (χ0n) is 4.57. The van der Waals surface area contributed by atoms with Crippen molar-refractivity contribution in [3.8, 4) is 0 Å². The molecule has 1 aliphatic rings. The Morgan fingerprint density at radius 2 is 2.00 bits per heavy atom. The van der Waals surface area contributed by atoms with Crippen LogP contribution in [0.3, 0.4) is 0 Å². The van der Waals surface area contributed by atoms with Gasteiger partial charge in [-0.2, -0.15) is 13.5 Å². The molecule has 1 rings (SSSR count). The molecule has 0 amide bonds. The van der Waals surface area contributed by atoms with Crippen LogP contribution in [0, 0.1) is 0 Å². The monoisotopic (exact) mass is 148 g/mol. The molecule has 0 saturated carbocycles. The van der Waals surface area contributed by atoms with Crippen molar-refractivity contribution in [1.82, 2.24) is 0 Å². The molecule has 1 N–H and O–H groups in total. The molecule has 6 heteroatoms. The van der Waals surface area contributed by atoms with Crippen molar-refractivity contribution in [3.63, 3.8) is 0 Å². The van der Waals surface area contributed by atoms with Gasteiger partial charge in [-0.25, -0.2) is 0 Å². The first-order chi connectivity index (χ1) is 4.02. The van der Waals surface area contributed by atoms with Crippen molar-refractivity contribution >= 4 is 10.1 Å². The van der Waals surface area contributed by atoms with Gasteiger partial charge in [0, 0.05) is 0 Å². The quantitative estimate of drug-likeness (QED) is 0.551. The average molecular weight is 148 g/mol. The van der Waals surface area contributed by atoms with Gasteiger partial charge in [0.2, 0.25) is 5.03 Å². The highest BCUT2D eigenvalue weighted by atomic mass is 32.2. The maximum absolute atomic E-state index is 10.2. The van der Waals surface area contributed by atoms with Crippen molar-refractivity contribution in [2.45, 2.75) is 6.92 Å². The predicted octanol–water partition coefficient (Wildman–Crippen LogP) is 0.529. The summed E-state index contributed by atoms with van der Waals surface area (Å²) in [4.78, 5) is 0. The van der Waals surface area contributed by atoms with E-state index in [-0.39, 0.29) is 10.7 Å². The summed E-state index contributed by atoms with van der Waals surface area (Å²) >= 11 is 0. The van der Waals surface area contributed by atoms with Crippen LogP contribution in [0.5, 0.6) is 0 Å². The van der Waals surface area contributed by atoms with E-state index >= 15 is 0 Å². The molecule has 5 nitrogen and oxygen atoms in total. The Bertz CT molecular complexity index is 286. The molecule has 0 aromatic heterocycles. The van der Waals surface area contributed by atoms with E-state index in [9.17, 15) is 8.42 Å². The molecular weight excluding hydrogens is 144 g/mol. The van der Waals surface area contributed by atoms with Gasteiger partial charge in [-0.3, -0.25) is 4.55 Å². The second-order valence-corrected chi connectivity index (χ2v) is 2.90. The Morgan fingerprint density at radius 3 is 2.00 bits per heavy atom. The number of allylic oxidation sites excluding steroid dienone is 1. The minimum Gasteiger partial charge on any atom is -0.281 e. The zero-order chi connectivity index (χ0) is 7.07. The van der Waals surface area contributed by atoms with Crippen LogP contribution in [-0.2, 0) is 10.1 Å². The molecule has 50 valence electrons. The summed E-state index contributed by atoms with van der Waals surface area (Å²) in [5.41, 5.74) is 0.248. The van der Waals surface area contributed by atoms with Crippen LogP contribution in [0.1, 0.15) is 6.92 Å². The fraction of sp³-hybridized carbons (Fsp3) is 0.333. The highest BCUT2D eigenvalue weighted by Gasteiger charge is 2.22. The standard InChI is InChI=1S/C3H4N2O3S/c1-2-3(5-4-2)9(6,7)8/h1H3,(H,6,7,8). The first-order valence-electron chi connectivity index (χ1n) is 2.12. The number of nitrogens with zero attached hydrogens (tertiary/aromatic N) is 2. The first-order valence-corrected chi connectivity index (χ1v) is 3.56. The van der Waals surface area contributed by atoms with Crippen molar-refractivity contribution < 1.29 is 13.0 Å². The average Bonchev–Trinajstić information content (AvgIpc) is 1.57. The zero-order valence-corrected chi connectivity index (χ0v) is 5.38. The van der Waals surface area contributed by atoms with Crippen LogP contribution < -0.4 is 0 Å². The molecule has 0 unspecified atom stereocenters. The minimum atomic E-state index is -4.10. The predicted molar refractivity (Wildman–Crippen MR) is 29.1 cm³/mol. The van der Waals surface area contributed by atoms with Crippen molar-refractivity contribution in [3.05, 3.63) is 10.7 Å². The molecule has 1 aliphatic heterocycles. The van der Waals surface area contributed by atoms with Crippen LogP contribution in [-0.4, -0.2) is 13.0 Å². The summed E-state index contributed by atoms with van der Waals surface area (Å²) in [5, 5.41) is 6.04. The minimum absolute atomic E-state index is 0.248. The molecule has 0 radical (unpaired) electrons. The van der Waals surface area contributed by atoms with E-state index in [1.807, 2.05) is 0 Å². The maximum atomic E-state index is 10.2. The normalized spacial score (nSPS) is 18.0. The summed E-state index contributed by atoms with van der Waals surface area (Å²) in [5.74, 6) is 0. The molecule has 9 heavy (non-hydrogen) atoms. The Kier molecular flexibility index (Phi) is 1.14. The molecule has 1 heterocycles. The molecular formula is C3H4N2O3S. The lowest BCUT2D eigenvalue weighted by Crippen LogP contribution is -2.05. The molecule has 0 bridgehead atoms. The number of hydrogen-bond acceptors (Lipinski definition) is 4. The fourth-order valence-corrected chi connectivity index (χ4v) is 0.987. The van der Waals surface area contributed by atoms with Gasteiger partial charge in [0.05, 0.1) is 0 Å². The Hall–Kier alpha value is -0.750. The van der Waals surface area contributed by atoms with Crippen LogP contribution >= 0.6 is 0 Å². The lowest BCUT2D eigenvalue weighted by Gasteiger charge is -2.04. The summed E-state index contributed by atoms with van der Waals surface area (Å²) < 4.78 is 28.6. The Labute approximate surface area is 51.8 Å². The molecule has 0 aromatic carbocycles. The van der Waals surface area contributed by atoms with E-state index in [1.165, 1.54) is 6.92 Å². The topological polar surface area (TPSA) is 79.1 Å².